The number of aliphatic carboxylic acids is 3. The summed E-state index contributed by atoms with van der Waals surface area (Å²) in [6.07, 6.45) is -6.46. The van der Waals surface area contributed by atoms with Crippen LogP contribution in [0.5, 0.6) is 5.75 Å². The highest BCUT2D eigenvalue weighted by atomic mass is 32.2. The van der Waals surface area contributed by atoms with E-state index in [0.29, 0.717) is 11.1 Å². The number of benzene rings is 2. The van der Waals surface area contributed by atoms with Gasteiger partial charge in [-0.25, -0.2) is 4.79 Å². The second-order valence-corrected chi connectivity index (χ2v) is 32.3. The largest absolute Gasteiger partial charge is 0.508 e. The first-order chi connectivity index (χ1) is 60.6. The van der Waals surface area contributed by atoms with E-state index < -0.39 is 279 Å². The van der Waals surface area contributed by atoms with Gasteiger partial charge in [-0.3, -0.25) is 91.1 Å². The van der Waals surface area contributed by atoms with Crippen LogP contribution in [0, 0.1) is 11.8 Å². The first-order valence-corrected chi connectivity index (χ1v) is 42.9. The number of phenols is 1. The second kappa shape index (κ2) is 58.3. The van der Waals surface area contributed by atoms with E-state index in [1.165, 1.54) is 43.0 Å². The molecule has 47 nitrogen and oxygen atoms in total. The number of nitrogens with zero attached hydrogens (tertiary/aromatic N) is 1. The van der Waals surface area contributed by atoms with Crippen molar-refractivity contribution in [1.29, 1.82) is 0 Å². The number of phenolic OH excluding ortho intramolecular Hbond substituents is 1. The van der Waals surface area contributed by atoms with Crippen LogP contribution in [0.2, 0.25) is 0 Å². The number of carbonyl (C=O) groups excluding carboxylic acids is 17. The summed E-state index contributed by atoms with van der Waals surface area (Å²) in [7, 11) is 0. The number of thioether (sulfide) groups is 1. The minimum Gasteiger partial charge on any atom is -0.508 e. The fourth-order valence-corrected chi connectivity index (χ4v) is 13.2. The van der Waals surface area contributed by atoms with Crippen molar-refractivity contribution >= 4 is 130 Å². The molecule has 0 radical (unpaired) electrons. The number of likely N-dealkylation sites (tertiary alicyclic amines) is 1. The number of carboxylic acid groups (broad SMARTS) is 3. The van der Waals surface area contributed by atoms with Crippen LogP contribution >= 0.6 is 11.8 Å². The lowest BCUT2D eigenvalue weighted by Crippen LogP contribution is -2.63. The number of amides is 17. The molecule has 1 saturated heterocycles. The van der Waals surface area contributed by atoms with Gasteiger partial charge in [0, 0.05) is 46.1 Å². The van der Waals surface area contributed by atoms with Gasteiger partial charge in [-0.05, 0) is 132 Å². The first-order valence-electron chi connectivity index (χ1n) is 41.5. The van der Waals surface area contributed by atoms with Crippen LogP contribution in [0.1, 0.15) is 144 Å². The number of nitrogens with one attached hydrogen (secondary N) is 15. The highest BCUT2D eigenvalue weighted by Crippen LogP contribution is 2.22. The van der Waals surface area contributed by atoms with Gasteiger partial charge in [0.2, 0.25) is 100 Å². The maximum absolute atomic E-state index is 14.4. The van der Waals surface area contributed by atoms with Crippen LogP contribution in [0.3, 0.4) is 0 Å². The molecule has 17 atom stereocenters. The highest BCUT2D eigenvalue weighted by molar-refractivity contribution is 7.98. The molecule has 1 aliphatic rings. The molecule has 3 rings (SSSR count). The summed E-state index contributed by atoms with van der Waals surface area (Å²) in [5.41, 5.74) is 12.2. The molecule has 17 amide bonds. The molecule has 0 aromatic heterocycles. The maximum Gasteiger partial charge on any atom is 0.328 e. The Morgan fingerprint density at radius 2 is 0.884 bits per heavy atom. The van der Waals surface area contributed by atoms with Gasteiger partial charge < -0.3 is 142 Å². The predicted molar refractivity (Wildman–Crippen MR) is 459 cm³/mol. The summed E-state index contributed by atoms with van der Waals surface area (Å²) in [6, 6.07) is -9.35. The molecule has 0 bridgehead atoms. The molecular formula is C81H126N18O29S. The van der Waals surface area contributed by atoms with E-state index in [0.717, 1.165) is 32.6 Å². The molecule has 0 unspecified atom stereocenters. The molecule has 1 aliphatic heterocycles. The Hall–Kier alpha value is -12.2. The Balaban J connectivity index is 0.0000138. The van der Waals surface area contributed by atoms with Gasteiger partial charge >= 0.3 is 11.9 Å². The van der Waals surface area contributed by atoms with E-state index in [-0.39, 0.29) is 88.3 Å². The van der Waals surface area contributed by atoms with Crippen molar-refractivity contribution in [3.05, 3.63) is 65.7 Å². The van der Waals surface area contributed by atoms with Gasteiger partial charge in [0.25, 0.3) is 5.97 Å². The average molecular weight is 1850 g/mol. The normalized spacial score (nSPS) is 15.9. The summed E-state index contributed by atoms with van der Waals surface area (Å²) < 4.78 is 0. The van der Waals surface area contributed by atoms with Crippen LogP contribution < -0.4 is 91.2 Å². The number of aromatic hydroxyl groups is 1. The number of carboxylic acids is 3. The molecule has 2 aromatic rings. The number of aliphatic hydroxyl groups is 5. The van der Waals surface area contributed by atoms with E-state index in [9.17, 15) is 132 Å². The third-order valence-corrected chi connectivity index (χ3v) is 20.1. The smallest absolute Gasteiger partial charge is 0.328 e. The number of hydrogen-bond donors (Lipinski definition) is 26. The van der Waals surface area contributed by atoms with Crippen molar-refractivity contribution < 1.29 is 142 Å². The monoisotopic (exact) mass is 1850 g/mol. The number of hydrogen-bond acceptors (Lipinski definition) is 28. The minimum absolute atomic E-state index is 0.0000342. The fraction of sp³-hybridized carbons (Fsp3) is 0.605. The molecule has 0 aliphatic carbocycles. The number of rotatable bonds is 56. The summed E-state index contributed by atoms with van der Waals surface area (Å²) in [5, 5.41) is 125. The fourth-order valence-electron chi connectivity index (χ4n) is 12.7. The zero-order chi connectivity index (χ0) is 97.6. The molecule has 129 heavy (non-hydrogen) atoms. The summed E-state index contributed by atoms with van der Waals surface area (Å²) in [5.74, 6) is -22.3. The van der Waals surface area contributed by atoms with Crippen LogP contribution in [0.4, 0.5) is 0 Å². The number of primary amides is 1. The molecule has 1 fully saturated rings. The van der Waals surface area contributed by atoms with E-state index in [1.807, 2.05) is 0 Å². The van der Waals surface area contributed by atoms with Crippen molar-refractivity contribution in [3.8, 4) is 5.75 Å². The second-order valence-electron chi connectivity index (χ2n) is 31.3. The molecule has 48 heteroatoms. The van der Waals surface area contributed by atoms with Crippen LogP contribution in [0.25, 0.3) is 0 Å². The lowest BCUT2D eigenvalue weighted by molar-refractivity contribution is -0.145. The van der Waals surface area contributed by atoms with Crippen LogP contribution in [0.15, 0.2) is 54.6 Å². The number of aliphatic hydroxyl groups excluding tert-OH is 5. The molecule has 0 spiro atoms. The van der Waals surface area contributed by atoms with Gasteiger partial charge in [-0.15, -0.1) is 0 Å². The van der Waals surface area contributed by atoms with Crippen LogP contribution in [-0.2, 0) is 109 Å². The average Bonchev–Trinajstić information content (AvgIpc) is 1.70. The molecule has 720 valence electrons. The van der Waals surface area contributed by atoms with Crippen molar-refractivity contribution in [1.82, 2.24) is 84.7 Å². The van der Waals surface area contributed by atoms with Gasteiger partial charge in [0.05, 0.1) is 44.6 Å². The Kier molecular flexibility index (Phi) is 50.9. The zero-order valence-electron chi connectivity index (χ0n) is 73.5. The predicted octanol–water partition coefficient (Wildman–Crippen LogP) is -8.26. The minimum atomic E-state index is -2.06. The van der Waals surface area contributed by atoms with Gasteiger partial charge in [0.15, 0.2) is 6.04 Å². The molecule has 0 saturated carbocycles. The Labute approximate surface area is 748 Å². The third-order valence-electron chi connectivity index (χ3n) is 19.5. The lowest BCUT2D eigenvalue weighted by atomic mass is 9.99. The van der Waals surface area contributed by atoms with Crippen molar-refractivity contribution in [2.75, 3.05) is 51.4 Å². The van der Waals surface area contributed by atoms with Crippen LogP contribution in [-0.4, -0.2) is 323 Å². The first kappa shape index (κ1) is 113. The number of carbonyl (C=O) groups is 20. The molecule has 28 N–H and O–H groups in total. The SMILES string of the molecule is CC(=O)O.CSCC[C@H](NC(=O)[C@H](Cc1ccccc1)NC(=O)CNC(=O)CNC(=O)[C@H](Cc1ccc(O)cc1)NC(C)=O)C(=O)N[C@H](C(=O)N[C@@H](CO)C(=O)N[C@@H](CCC(=O)O)C(=O)N[C@@H](CCCCN)C(=O)N[C@@H](CO)C(=O)N[C@@H](CCC(N)=O)C(=O)N[C@H](C(=O)N1CCC[C@H]1C(=O)N[C@@H](CC(C)C)C(=O)N[C@H](C(=O)N[C@H](C(=O)O)[C@@H](C)O)C(C)C)[C@@H](C)O)[C@@H](C)O. The summed E-state index contributed by atoms with van der Waals surface area (Å²) in [6.45, 7) is 8.12. The topological polar surface area (TPSA) is 759 Å². The number of nitrogens with two attached hydrogens (primary N) is 2. The van der Waals surface area contributed by atoms with Gasteiger partial charge in [0.1, 0.15) is 84.3 Å². The zero-order valence-corrected chi connectivity index (χ0v) is 74.3. The van der Waals surface area contributed by atoms with Gasteiger partial charge in [-0.2, -0.15) is 11.8 Å². The Morgan fingerprint density at radius 3 is 1.36 bits per heavy atom. The van der Waals surface area contributed by atoms with E-state index >= 15 is 0 Å². The summed E-state index contributed by atoms with van der Waals surface area (Å²) >= 11 is 1.23. The molecule has 1 heterocycles. The van der Waals surface area contributed by atoms with E-state index in [4.69, 9.17) is 21.4 Å². The van der Waals surface area contributed by atoms with E-state index in [1.54, 1.807) is 64.3 Å². The quantitative estimate of drug-likeness (QED) is 0.0274. The van der Waals surface area contributed by atoms with E-state index in [2.05, 4.69) is 79.8 Å². The molecule has 2 aromatic carbocycles. The maximum atomic E-state index is 14.4. The summed E-state index contributed by atoms with van der Waals surface area (Å²) in [4.78, 5) is 267. The standard InChI is InChI=1S/C79H122N18O27S.C2H4O2/c1-39(2)32-52(72(116)93-62(40(3)4)76(120)96-65(43(7)102)79(123)124)90-75(119)57-19-15-30-97(57)78(122)64(42(6)101)95-69(113)49(24-26-58(81)105)87-73(117)55(37-98)91-67(111)48(18-13-14-29-80)86-68(112)50(25-27-61(108)109)88-74(118)56(38-99)92-77(121)63(41(5)100)94-70(114)51(28-31-125-9)89-71(115)54(33-45-16-11-10-12-17-45)85-60(107)36-82-59(106)35-83-66(110)53(84-44(8)103)34-46-20-22-47(104)23-21-46;1-2(3)4/h10-12,16-17,20-23,39-43,48-57,62-65,98-102,104H,13-15,18-19,24-38,80H2,1-9H3,(H2,81,105)(H,82,106)(H,83,110)(H,84,103)(H,85,107)(H,86,112)(H,87,117)(H,88,118)(H,89,115)(H,90,119)(H,91,111)(H,92,121)(H,93,116)(H,94,114)(H,95,113)(H,96,120)(H,108,109)(H,123,124);1H3,(H,3,4)/t41-,42-,43-,48+,49+,50+,51+,52+,53+,54+,55+,56+,57+,62+,63+,64+,65+;/m1./s1. The Bertz CT molecular complexity index is 4120. The molecular weight excluding hydrogens is 1720 g/mol. The number of unbranched alkanes of at least 4 members (excludes halogenated alkanes) is 1. The highest BCUT2D eigenvalue weighted by Gasteiger charge is 2.44. The third kappa shape index (κ3) is 42.0. The Morgan fingerprint density at radius 1 is 0.457 bits per heavy atom. The van der Waals surface area contributed by atoms with Crippen molar-refractivity contribution in [3.63, 3.8) is 0 Å². The van der Waals surface area contributed by atoms with Crippen molar-refractivity contribution in [2.45, 2.75) is 249 Å². The van der Waals surface area contributed by atoms with Crippen molar-refractivity contribution in [2.24, 2.45) is 23.3 Å². The lowest BCUT2D eigenvalue weighted by Gasteiger charge is -2.32. The van der Waals surface area contributed by atoms with Gasteiger partial charge in [-0.1, -0.05) is 70.2 Å².